The molecule has 84 valence electrons. The van der Waals surface area contributed by atoms with Crippen LogP contribution in [0.5, 0.6) is 0 Å². The summed E-state index contributed by atoms with van der Waals surface area (Å²) in [6.45, 7) is 0. The summed E-state index contributed by atoms with van der Waals surface area (Å²) in [5.74, 6) is 0.583. The molecule has 0 atom stereocenters. The fourth-order valence-corrected chi connectivity index (χ4v) is 1.95. The Morgan fingerprint density at radius 2 is 2.00 bits per heavy atom. The molecule has 17 heavy (non-hydrogen) atoms. The van der Waals surface area contributed by atoms with Crippen molar-refractivity contribution in [1.29, 1.82) is 5.26 Å². The van der Waals surface area contributed by atoms with Crippen molar-refractivity contribution in [2.24, 2.45) is 0 Å². The van der Waals surface area contributed by atoms with Crippen LogP contribution in [-0.2, 0) is 0 Å². The Balaban J connectivity index is 2.23. The van der Waals surface area contributed by atoms with Crippen molar-refractivity contribution in [3.63, 3.8) is 0 Å². The van der Waals surface area contributed by atoms with Crippen LogP contribution in [0.1, 0.15) is 5.56 Å². The summed E-state index contributed by atoms with van der Waals surface area (Å²) in [6, 6.07) is 10.9. The Morgan fingerprint density at radius 1 is 1.29 bits per heavy atom. The van der Waals surface area contributed by atoms with Crippen LogP contribution in [0.25, 0.3) is 0 Å². The molecule has 0 saturated carbocycles. The molecule has 0 aliphatic heterocycles. The summed E-state index contributed by atoms with van der Waals surface area (Å²) in [7, 11) is 0. The summed E-state index contributed by atoms with van der Waals surface area (Å²) in [6.07, 6.45) is 1.66. The van der Waals surface area contributed by atoms with Gasteiger partial charge in [0.1, 0.15) is 5.82 Å². The van der Waals surface area contributed by atoms with Gasteiger partial charge in [-0.1, -0.05) is 11.6 Å². The zero-order chi connectivity index (χ0) is 12.3. The van der Waals surface area contributed by atoms with E-state index in [1.165, 1.54) is 0 Å². The molecule has 1 N–H and O–H groups in total. The molecular formula is C12H7BrClN3. The Hall–Kier alpha value is -1.57. The molecule has 0 aliphatic rings. The van der Waals surface area contributed by atoms with Gasteiger partial charge in [0.15, 0.2) is 0 Å². The van der Waals surface area contributed by atoms with Crippen molar-refractivity contribution < 1.29 is 0 Å². The highest BCUT2D eigenvalue weighted by molar-refractivity contribution is 9.10. The molecule has 0 amide bonds. The molecule has 3 nitrogen and oxygen atoms in total. The van der Waals surface area contributed by atoms with E-state index in [9.17, 15) is 0 Å². The smallest absolute Gasteiger partial charge is 0.149 e. The van der Waals surface area contributed by atoms with Gasteiger partial charge in [-0.05, 0) is 46.3 Å². The number of halogens is 2. The van der Waals surface area contributed by atoms with Crippen LogP contribution in [0.2, 0.25) is 5.02 Å². The van der Waals surface area contributed by atoms with Crippen molar-refractivity contribution in [1.82, 2.24) is 4.98 Å². The average molecular weight is 309 g/mol. The molecule has 0 saturated heterocycles. The zero-order valence-electron chi connectivity index (χ0n) is 8.61. The monoisotopic (exact) mass is 307 g/mol. The lowest BCUT2D eigenvalue weighted by atomic mass is 10.2. The first-order chi connectivity index (χ1) is 8.19. The molecule has 1 aromatic carbocycles. The quantitative estimate of drug-likeness (QED) is 0.908. The first kappa shape index (κ1) is 11.9. The number of hydrogen-bond donors (Lipinski definition) is 1. The molecule has 1 aromatic heterocycles. The lowest BCUT2D eigenvalue weighted by Crippen LogP contribution is -1.94. The largest absolute Gasteiger partial charge is 0.339 e. The number of hydrogen-bond acceptors (Lipinski definition) is 3. The molecule has 1 heterocycles. The third-order valence-corrected chi connectivity index (χ3v) is 2.81. The van der Waals surface area contributed by atoms with Crippen LogP contribution in [-0.4, -0.2) is 4.98 Å². The number of benzene rings is 1. The number of nitrogens with zero attached hydrogens (tertiary/aromatic N) is 2. The molecule has 2 aromatic rings. The van der Waals surface area contributed by atoms with Crippen molar-refractivity contribution >= 4 is 39.0 Å². The predicted molar refractivity (Wildman–Crippen MR) is 71.4 cm³/mol. The summed E-state index contributed by atoms with van der Waals surface area (Å²) in [5.41, 5.74) is 1.45. The second-order valence-corrected chi connectivity index (χ2v) is 4.62. The summed E-state index contributed by atoms with van der Waals surface area (Å²) in [5, 5.41) is 12.3. The van der Waals surface area contributed by atoms with E-state index in [4.69, 9.17) is 16.9 Å². The van der Waals surface area contributed by atoms with Gasteiger partial charge in [-0.3, -0.25) is 0 Å². The molecule has 0 aliphatic carbocycles. The number of rotatable bonds is 2. The van der Waals surface area contributed by atoms with Gasteiger partial charge >= 0.3 is 0 Å². The Labute approximate surface area is 112 Å². The third-order valence-electron chi connectivity index (χ3n) is 2.08. The highest BCUT2D eigenvalue weighted by atomic mass is 79.9. The maximum Gasteiger partial charge on any atom is 0.149 e. The summed E-state index contributed by atoms with van der Waals surface area (Å²) >= 11 is 9.32. The van der Waals surface area contributed by atoms with E-state index in [-0.39, 0.29) is 0 Å². The van der Waals surface area contributed by atoms with E-state index in [0.717, 1.165) is 10.2 Å². The van der Waals surface area contributed by atoms with Gasteiger partial charge in [0.2, 0.25) is 0 Å². The maximum absolute atomic E-state index is 8.68. The third kappa shape index (κ3) is 2.96. The van der Waals surface area contributed by atoms with E-state index in [1.807, 2.05) is 0 Å². The van der Waals surface area contributed by atoms with Crippen molar-refractivity contribution in [2.75, 3.05) is 5.32 Å². The van der Waals surface area contributed by atoms with E-state index in [2.05, 4.69) is 32.3 Å². The Morgan fingerprint density at radius 3 is 2.59 bits per heavy atom. The minimum absolute atomic E-state index is 0.531. The van der Waals surface area contributed by atoms with E-state index in [1.54, 1.807) is 36.5 Å². The van der Waals surface area contributed by atoms with E-state index >= 15 is 0 Å². The zero-order valence-corrected chi connectivity index (χ0v) is 11.0. The van der Waals surface area contributed by atoms with Gasteiger partial charge in [0, 0.05) is 16.4 Å². The normalized spacial score (nSPS) is 9.71. The van der Waals surface area contributed by atoms with Crippen LogP contribution in [0.3, 0.4) is 0 Å². The van der Waals surface area contributed by atoms with Crippen molar-refractivity contribution in [2.45, 2.75) is 0 Å². The fourth-order valence-electron chi connectivity index (χ4n) is 1.27. The van der Waals surface area contributed by atoms with Crippen LogP contribution in [0.4, 0.5) is 11.5 Å². The first-order valence-corrected chi connectivity index (χ1v) is 5.94. The highest BCUT2D eigenvalue weighted by Crippen LogP contribution is 2.25. The molecule has 0 radical (unpaired) electrons. The summed E-state index contributed by atoms with van der Waals surface area (Å²) < 4.78 is 0.827. The molecule has 2 rings (SSSR count). The van der Waals surface area contributed by atoms with Gasteiger partial charge in [0.05, 0.1) is 16.7 Å². The van der Waals surface area contributed by atoms with E-state index < -0.39 is 0 Å². The molecule has 0 bridgehead atoms. The molecule has 5 heteroatoms. The lowest BCUT2D eigenvalue weighted by molar-refractivity contribution is 1.29. The molecular weight excluding hydrogens is 302 g/mol. The van der Waals surface area contributed by atoms with E-state index in [0.29, 0.717) is 16.4 Å². The van der Waals surface area contributed by atoms with Crippen LogP contribution in [0, 0.1) is 11.3 Å². The standard InChI is InChI=1S/C12H7BrClN3/c13-9-5-11(14)12(16-7-9)17-10-3-1-8(6-15)2-4-10/h1-5,7H,(H,16,17). The second kappa shape index (κ2) is 5.17. The highest BCUT2D eigenvalue weighted by Gasteiger charge is 2.03. The number of aromatic nitrogens is 1. The summed E-state index contributed by atoms with van der Waals surface area (Å²) in [4.78, 5) is 4.16. The predicted octanol–water partition coefficient (Wildman–Crippen LogP) is 4.11. The van der Waals surface area contributed by atoms with Crippen LogP contribution in [0.15, 0.2) is 41.0 Å². The molecule has 0 fully saturated rings. The van der Waals surface area contributed by atoms with Crippen molar-refractivity contribution in [3.8, 4) is 6.07 Å². The minimum Gasteiger partial charge on any atom is -0.339 e. The van der Waals surface area contributed by atoms with Crippen LogP contribution >= 0.6 is 27.5 Å². The van der Waals surface area contributed by atoms with Gasteiger partial charge in [-0.25, -0.2) is 4.98 Å². The topological polar surface area (TPSA) is 48.7 Å². The van der Waals surface area contributed by atoms with Gasteiger partial charge in [-0.15, -0.1) is 0 Å². The first-order valence-electron chi connectivity index (χ1n) is 4.77. The fraction of sp³-hybridized carbons (Fsp3) is 0. The molecule has 0 spiro atoms. The van der Waals surface area contributed by atoms with Gasteiger partial charge in [0.25, 0.3) is 0 Å². The Bertz CT molecular complexity index is 575. The minimum atomic E-state index is 0.531. The second-order valence-electron chi connectivity index (χ2n) is 3.30. The Kier molecular flexibility index (Phi) is 3.62. The number of nitriles is 1. The van der Waals surface area contributed by atoms with Gasteiger partial charge in [-0.2, -0.15) is 5.26 Å². The van der Waals surface area contributed by atoms with Crippen LogP contribution < -0.4 is 5.32 Å². The van der Waals surface area contributed by atoms with Gasteiger partial charge < -0.3 is 5.32 Å². The lowest BCUT2D eigenvalue weighted by Gasteiger charge is -2.07. The average Bonchev–Trinajstić information content (AvgIpc) is 2.34. The number of nitrogens with one attached hydrogen (secondary N) is 1. The number of pyridine rings is 1. The SMILES string of the molecule is N#Cc1ccc(Nc2ncc(Br)cc2Cl)cc1. The number of anilines is 2. The van der Waals surface area contributed by atoms with Crippen molar-refractivity contribution in [3.05, 3.63) is 51.6 Å². The maximum atomic E-state index is 8.68. The molecule has 0 unspecified atom stereocenters.